The van der Waals surface area contributed by atoms with Gasteiger partial charge in [0, 0.05) is 26.6 Å². The van der Waals surface area contributed by atoms with Crippen LogP contribution in [0.3, 0.4) is 0 Å². The molecule has 2 aromatic carbocycles. The van der Waals surface area contributed by atoms with E-state index in [9.17, 15) is 14.4 Å². The van der Waals surface area contributed by atoms with Crippen LogP contribution in [0.1, 0.15) is 31.0 Å². The number of hydrogen-bond donors (Lipinski definition) is 2. The molecule has 2 N–H and O–H groups in total. The van der Waals surface area contributed by atoms with Crippen LogP contribution in [0.2, 0.25) is 10.0 Å². The summed E-state index contributed by atoms with van der Waals surface area (Å²) in [5.74, 6) is -2.04. The zero-order chi connectivity index (χ0) is 25.2. The fourth-order valence-electron chi connectivity index (χ4n) is 3.74. The van der Waals surface area contributed by atoms with Crippen molar-refractivity contribution in [3.05, 3.63) is 56.0 Å². The van der Waals surface area contributed by atoms with Gasteiger partial charge >= 0.3 is 5.97 Å². The lowest BCUT2D eigenvalue weighted by Crippen LogP contribution is -2.48. The molecule has 34 heavy (non-hydrogen) atoms. The van der Waals surface area contributed by atoms with Gasteiger partial charge in [0.15, 0.2) is 17.6 Å². The van der Waals surface area contributed by atoms with Crippen molar-refractivity contribution >= 4 is 56.9 Å². The van der Waals surface area contributed by atoms with Crippen molar-refractivity contribution in [2.45, 2.75) is 32.5 Å². The average Bonchev–Trinajstić information content (AvgIpc) is 2.85. The van der Waals surface area contributed by atoms with Crippen LogP contribution in [0, 0.1) is 5.92 Å². The minimum atomic E-state index is -1.22. The first-order chi connectivity index (χ1) is 16.0. The van der Waals surface area contributed by atoms with Gasteiger partial charge in [-0.25, -0.2) is 0 Å². The molecule has 2 unspecified atom stereocenters. The van der Waals surface area contributed by atoms with Gasteiger partial charge in [-0.3, -0.25) is 14.4 Å². The number of hydrogen-bond acceptors (Lipinski definition) is 5. The Labute approximate surface area is 215 Å². The number of nitrogens with zero attached hydrogens (tertiary/aromatic N) is 1. The predicted octanol–water partition coefficient (Wildman–Crippen LogP) is 4.45. The molecule has 1 heterocycles. The molecule has 0 radical (unpaired) electrons. The average molecular weight is 574 g/mol. The van der Waals surface area contributed by atoms with Crippen LogP contribution >= 0.6 is 39.1 Å². The molecule has 0 saturated heterocycles. The normalized spacial score (nSPS) is 17.6. The summed E-state index contributed by atoms with van der Waals surface area (Å²) in [6, 6.07) is 6.95. The van der Waals surface area contributed by atoms with Crippen molar-refractivity contribution in [2.24, 2.45) is 5.92 Å². The van der Waals surface area contributed by atoms with E-state index in [0.717, 1.165) is 0 Å². The Morgan fingerprint density at radius 2 is 1.85 bits per heavy atom. The number of carboxylic acids is 1. The highest BCUT2D eigenvalue weighted by atomic mass is 79.9. The summed E-state index contributed by atoms with van der Waals surface area (Å²) in [5.41, 5.74) is 0.938. The van der Waals surface area contributed by atoms with Crippen LogP contribution in [-0.2, 0) is 20.9 Å². The van der Waals surface area contributed by atoms with E-state index in [1.807, 2.05) is 13.8 Å². The molecular formula is C23H23BrCl2N2O6. The second kappa shape index (κ2) is 10.8. The monoisotopic (exact) mass is 572 g/mol. The molecule has 2 atom stereocenters. The minimum absolute atomic E-state index is 0.0227. The highest BCUT2D eigenvalue weighted by Crippen LogP contribution is 2.44. The second-order valence-corrected chi connectivity index (χ2v) is 9.86. The molecule has 0 aliphatic carbocycles. The summed E-state index contributed by atoms with van der Waals surface area (Å²) in [4.78, 5) is 39.6. The van der Waals surface area contributed by atoms with Crippen molar-refractivity contribution in [3.8, 4) is 11.5 Å². The van der Waals surface area contributed by atoms with E-state index in [1.54, 1.807) is 30.3 Å². The molecule has 0 spiro atoms. The topological polar surface area (TPSA) is 105 Å². The molecule has 182 valence electrons. The molecule has 11 heteroatoms. The zero-order valence-corrected chi connectivity index (χ0v) is 21.7. The Balaban J connectivity index is 2.22. The van der Waals surface area contributed by atoms with Crippen LogP contribution in [-0.4, -0.2) is 47.5 Å². The van der Waals surface area contributed by atoms with Gasteiger partial charge in [0.25, 0.3) is 5.91 Å². The first-order valence-corrected chi connectivity index (χ1v) is 11.9. The van der Waals surface area contributed by atoms with Gasteiger partial charge in [0.2, 0.25) is 5.91 Å². The molecule has 1 aliphatic rings. The Bertz CT molecular complexity index is 1110. The summed E-state index contributed by atoms with van der Waals surface area (Å²) >= 11 is 15.7. The molecule has 8 nitrogen and oxygen atoms in total. The summed E-state index contributed by atoms with van der Waals surface area (Å²) < 4.78 is 12.2. The predicted molar refractivity (Wildman–Crippen MR) is 130 cm³/mol. The first kappa shape index (κ1) is 26.1. The third kappa shape index (κ3) is 5.76. The van der Waals surface area contributed by atoms with Gasteiger partial charge in [-0.15, -0.1) is 0 Å². The van der Waals surface area contributed by atoms with E-state index < -0.39 is 36.5 Å². The van der Waals surface area contributed by atoms with Crippen molar-refractivity contribution in [3.63, 3.8) is 0 Å². The van der Waals surface area contributed by atoms with E-state index in [1.165, 1.54) is 12.0 Å². The number of carbonyl (C=O) groups is 3. The number of halogens is 3. The number of ether oxygens (including phenoxy) is 2. The van der Waals surface area contributed by atoms with Crippen LogP contribution < -0.4 is 14.8 Å². The number of carbonyl (C=O) groups excluding carboxylic acids is 2. The first-order valence-electron chi connectivity index (χ1n) is 10.3. The molecule has 1 aliphatic heterocycles. The highest BCUT2D eigenvalue weighted by molar-refractivity contribution is 9.10. The number of methoxy groups -OCH3 is 1. The second-order valence-electron chi connectivity index (χ2n) is 8.07. The number of benzene rings is 2. The molecule has 0 fully saturated rings. The molecule has 0 bridgehead atoms. The van der Waals surface area contributed by atoms with Gasteiger partial charge < -0.3 is 24.8 Å². The van der Waals surface area contributed by atoms with Gasteiger partial charge in [-0.2, -0.15) is 0 Å². The Kier molecular flexibility index (Phi) is 8.33. The molecular weight excluding hydrogens is 551 g/mol. The molecule has 2 aromatic rings. The maximum Gasteiger partial charge on any atom is 0.322 e. The van der Waals surface area contributed by atoms with E-state index >= 15 is 0 Å². The molecule has 0 aromatic heterocycles. The van der Waals surface area contributed by atoms with Gasteiger partial charge in [-0.05, 0) is 41.8 Å². The number of aliphatic carboxylic acids is 1. The van der Waals surface area contributed by atoms with Gasteiger partial charge in [0.05, 0.1) is 7.11 Å². The standard InChI is InChI=1S/C23H23BrCl2N2O6/c1-11(2)20-23(32)28(10-12-4-14(25)8-15(26)5-12)19(22(31)27-9-18(29)30)16-6-13(24)7-17(33-3)21(16)34-20/h4-8,11,19-20H,9-10H2,1-3H3,(H,27,31)(H,29,30). The van der Waals surface area contributed by atoms with E-state index in [2.05, 4.69) is 21.2 Å². The Hall–Kier alpha value is -2.49. The van der Waals surface area contributed by atoms with Crippen molar-refractivity contribution in [1.29, 1.82) is 0 Å². The summed E-state index contributed by atoms with van der Waals surface area (Å²) in [5, 5.41) is 12.2. The van der Waals surface area contributed by atoms with E-state index in [-0.39, 0.29) is 18.2 Å². The molecule has 0 saturated carbocycles. The Morgan fingerprint density at radius 3 is 2.41 bits per heavy atom. The van der Waals surface area contributed by atoms with Crippen LogP contribution in [0.5, 0.6) is 11.5 Å². The fourth-order valence-corrected chi connectivity index (χ4v) is 4.76. The number of fused-ring (bicyclic) bond motifs is 1. The summed E-state index contributed by atoms with van der Waals surface area (Å²) in [7, 11) is 1.45. The maximum absolute atomic E-state index is 13.8. The van der Waals surface area contributed by atoms with Crippen LogP contribution in [0.15, 0.2) is 34.8 Å². The lowest BCUT2D eigenvalue weighted by molar-refractivity contribution is -0.147. The maximum atomic E-state index is 13.8. The fraction of sp³-hybridized carbons (Fsp3) is 0.348. The highest BCUT2D eigenvalue weighted by Gasteiger charge is 2.43. The SMILES string of the molecule is COc1cc(Br)cc2c1OC(C(C)C)C(=O)N(Cc1cc(Cl)cc(Cl)c1)C2C(=O)NCC(=O)O. The third-order valence-corrected chi connectivity index (χ3v) is 6.08. The molecule has 2 amide bonds. The summed E-state index contributed by atoms with van der Waals surface area (Å²) in [6.07, 6.45) is -0.930. The van der Waals surface area contributed by atoms with Crippen LogP contribution in [0.4, 0.5) is 0 Å². The number of rotatable bonds is 7. The smallest absolute Gasteiger partial charge is 0.322 e. The number of carboxylic acid groups (broad SMARTS) is 1. The van der Waals surface area contributed by atoms with E-state index in [4.69, 9.17) is 37.8 Å². The quantitative estimate of drug-likeness (QED) is 0.507. The summed E-state index contributed by atoms with van der Waals surface area (Å²) in [6.45, 7) is 3.01. The van der Waals surface area contributed by atoms with Crippen molar-refractivity contribution in [1.82, 2.24) is 10.2 Å². The zero-order valence-electron chi connectivity index (χ0n) is 18.6. The number of nitrogens with one attached hydrogen (secondary N) is 1. The minimum Gasteiger partial charge on any atom is -0.493 e. The number of amides is 2. The van der Waals surface area contributed by atoms with Gasteiger partial charge in [0.1, 0.15) is 12.6 Å². The lowest BCUT2D eigenvalue weighted by atomic mass is 10.0. The molecule has 3 rings (SSSR count). The van der Waals surface area contributed by atoms with Crippen LogP contribution in [0.25, 0.3) is 0 Å². The van der Waals surface area contributed by atoms with E-state index in [0.29, 0.717) is 31.4 Å². The third-order valence-electron chi connectivity index (χ3n) is 5.19. The Morgan fingerprint density at radius 1 is 1.21 bits per heavy atom. The lowest BCUT2D eigenvalue weighted by Gasteiger charge is -2.31. The van der Waals surface area contributed by atoms with Crippen molar-refractivity contribution < 1.29 is 29.0 Å². The van der Waals surface area contributed by atoms with Gasteiger partial charge in [-0.1, -0.05) is 53.0 Å². The van der Waals surface area contributed by atoms with Crippen molar-refractivity contribution in [2.75, 3.05) is 13.7 Å². The largest absolute Gasteiger partial charge is 0.493 e.